The molecule has 23 heavy (non-hydrogen) atoms. The summed E-state index contributed by atoms with van der Waals surface area (Å²) in [7, 11) is 0. The quantitative estimate of drug-likeness (QED) is 0.729. The number of benzene rings is 1. The summed E-state index contributed by atoms with van der Waals surface area (Å²) in [5, 5.41) is 13.2. The van der Waals surface area contributed by atoms with Gasteiger partial charge in [0.05, 0.1) is 17.5 Å². The van der Waals surface area contributed by atoms with Crippen molar-refractivity contribution in [2.75, 3.05) is 12.3 Å². The molecule has 2 N–H and O–H groups in total. The van der Waals surface area contributed by atoms with Crippen molar-refractivity contribution in [1.82, 2.24) is 14.9 Å². The fraction of sp³-hybridized carbons (Fsp3) is 0.412. The Morgan fingerprint density at radius 2 is 2.22 bits per heavy atom. The predicted octanol–water partition coefficient (Wildman–Crippen LogP) is 2.55. The maximum atomic E-state index is 11.9. The molecule has 1 amide bonds. The largest absolute Gasteiger partial charge is 0.391 e. The number of amides is 1. The summed E-state index contributed by atoms with van der Waals surface area (Å²) in [4.78, 5) is 16.2. The van der Waals surface area contributed by atoms with E-state index in [1.54, 1.807) is 6.20 Å². The summed E-state index contributed by atoms with van der Waals surface area (Å²) in [5.74, 6) is 0.186. The number of rotatable bonds is 8. The third-order valence-corrected chi connectivity index (χ3v) is 4.44. The van der Waals surface area contributed by atoms with Gasteiger partial charge >= 0.3 is 0 Å². The second-order valence-corrected chi connectivity index (χ2v) is 6.34. The summed E-state index contributed by atoms with van der Waals surface area (Å²) in [6.45, 7) is 4.36. The Labute approximate surface area is 141 Å². The van der Waals surface area contributed by atoms with E-state index in [-0.39, 0.29) is 11.7 Å². The normalized spacial score (nSPS) is 12.1. The summed E-state index contributed by atoms with van der Waals surface area (Å²) >= 11 is 1.39. The van der Waals surface area contributed by atoms with Crippen molar-refractivity contribution in [3.63, 3.8) is 0 Å². The number of aliphatic hydroxyl groups excluding tert-OH is 1. The number of aryl methyl sites for hydroxylation is 1. The van der Waals surface area contributed by atoms with Crippen molar-refractivity contribution in [1.29, 1.82) is 0 Å². The number of hydrogen-bond acceptors (Lipinski definition) is 4. The highest BCUT2D eigenvalue weighted by molar-refractivity contribution is 7.99. The number of thioether (sulfide) groups is 1. The summed E-state index contributed by atoms with van der Waals surface area (Å²) in [5.41, 5.74) is 2.21. The maximum Gasteiger partial charge on any atom is 0.230 e. The average molecular weight is 333 g/mol. The minimum atomic E-state index is -0.470. The molecule has 5 nitrogen and oxygen atoms in total. The fourth-order valence-electron chi connectivity index (χ4n) is 2.26. The molecule has 0 aliphatic heterocycles. The van der Waals surface area contributed by atoms with Crippen LogP contribution in [-0.4, -0.2) is 39.0 Å². The molecule has 1 unspecified atom stereocenters. The third kappa shape index (κ3) is 5.11. The Morgan fingerprint density at radius 1 is 1.43 bits per heavy atom. The number of carbonyl (C=O) groups is 1. The Balaban J connectivity index is 1.91. The number of nitrogens with zero attached hydrogens (tertiary/aromatic N) is 2. The molecule has 0 aliphatic carbocycles. The molecular formula is C17H23N3O2S. The molecule has 6 heteroatoms. The van der Waals surface area contributed by atoms with E-state index in [0.717, 1.165) is 22.8 Å². The second kappa shape index (κ2) is 8.74. The Morgan fingerprint density at radius 3 is 2.96 bits per heavy atom. The lowest BCUT2D eigenvalue weighted by Gasteiger charge is -2.12. The van der Waals surface area contributed by atoms with Gasteiger partial charge in [-0.25, -0.2) is 4.98 Å². The Hall–Kier alpha value is -1.79. The number of nitrogens with one attached hydrogen (secondary N) is 1. The van der Waals surface area contributed by atoms with Crippen LogP contribution >= 0.6 is 11.8 Å². The molecule has 0 aliphatic rings. The van der Waals surface area contributed by atoms with Crippen molar-refractivity contribution in [3.8, 4) is 5.69 Å². The van der Waals surface area contributed by atoms with Crippen LogP contribution in [0.4, 0.5) is 0 Å². The highest BCUT2D eigenvalue weighted by atomic mass is 32.2. The molecule has 0 fully saturated rings. The summed E-state index contributed by atoms with van der Waals surface area (Å²) in [6, 6.07) is 8.06. The number of para-hydroxylation sites is 1. The van der Waals surface area contributed by atoms with Crippen LogP contribution in [-0.2, 0) is 4.79 Å². The van der Waals surface area contributed by atoms with Crippen LogP contribution in [0.1, 0.15) is 25.3 Å². The first-order valence-corrected chi connectivity index (χ1v) is 8.77. The molecule has 2 rings (SSSR count). The standard InChI is InChI=1S/C17H23N3O2S/c1-3-6-14(21)11-19-16(22)12-23-17-18-9-10-20(17)15-8-5-4-7-13(15)2/h4-5,7-10,14,21H,3,6,11-12H2,1-2H3,(H,19,22). The van der Waals surface area contributed by atoms with Crippen LogP contribution in [0.3, 0.4) is 0 Å². The monoisotopic (exact) mass is 333 g/mol. The maximum absolute atomic E-state index is 11.9. The highest BCUT2D eigenvalue weighted by Crippen LogP contribution is 2.22. The lowest BCUT2D eigenvalue weighted by Crippen LogP contribution is -2.33. The predicted molar refractivity (Wildman–Crippen MR) is 92.9 cm³/mol. The topological polar surface area (TPSA) is 67.2 Å². The van der Waals surface area contributed by atoms with Gasteiger partial charge in [-0.1, -0.05) is 43.3 Å². The lowest BCUT2D eigenvalue weighted by atomic mass is 10.2. The molecule has 0 spiro atoms. The van der Waals surface area contributed by atoms with E-state index in [2.05, 4.69) is 10.3 Å². The number of aromatic nitrogens is 2. The molecule has 0 bridgehead atoms. The minimum absolute atomic E-state index is 0.0931. The van der Waals surface area contributed by atoms with Gasteiger partial charge in [0.15, 0.2) is 5.16 Å². The van der Waals surface area contributed by atoms with Crippen LogP contribution in [0.15, 0.2) is 41.8 Å². The molecule has 1 aromatic heterocycles. The van der Waals surface area contributed by atoms with E-state index in [4.69, 9.17) is 0 Å². The first kappa shape index (κ1) is 17.6. The highest BCUT2D eigenvalue weighted by Gasteiger charge is 2.11. The number of imidazole rings is 1. The fourth-order valence-corrected chi connectivity index (χ4v) is 3.06. The molecule has 1 heterocycles. The lowest BCUT2D eigenvalue weighted by molar-refractivity contribution is -0.119. The van der Waals surface area contributed by atoms with Gasteiger partial charge in [0.2, 0.25) is 5.91 Å². The number of aliphatic hydroxyl groups is 1. The van der Waals surface area contributed by atoms with Gasteiger partial charge in [0.1, 0.15) is 0 Å². The molecule has 124 valence electrons. The van der Waals surface area contributed by atoms with Crippen molar-refractivity contribution in [2.45, 2.75) is 37.9 Å². The van der Waals surface area contributed by atoms with Gasteiger partial charge in [-0.15, -0.1) is 0 Å². The average Bonchev–Trinajstić information content (AvgIpc) is 3.00. The summed E-state index contributed by atoms with van der Waals surface area (Å²) in [6.07, 6.45) is 4.76. The zero-order chi connectivity index (χ0) is 16.7. The molecule has 2 aromatic rings. The van der Waals surface area contributed by atoms with E-state index in [0.29, 0.717) is 13.0 Å². The van der Waals surface area contributed by atoms with Crippen molar-refractivity contribution in [3.05, 3.63) is 42.2 Å². The van der Waals surface area contributed by atoms with Crippen LogP contribution in [0.25, 0.3) is 5.69 Å². The zero-order valence-corrected chi connectivity index (χ0v) is 14.3. The molecule has 1 atom stereocenters. The molecule has 0 saturated heterocycles. The van der Waals surface area contributed by atoms with Crippen LogP contribution in [0, 0.1) is 6.92 Å². The van der Waals surface area contributed by atoms with E-state index in [1.165, 1.54) is 11.8 Å². The van der Waals surface area contributed by atoms with Gasteiger partial charge in [-0.05, 0) is 25.0 Å². The SMILES string of the molecule is CCCC(O)CNC(=O)CSc1nccn1-c1ccccc1C. The minimum Gasteiger partial charge on any atom is -0.391 e. The van der Waals surface area contributed by atoms with Crippen LogP contribution in [0.5, 0.6) is 0 Å². The number of carbonyl (C=O) groups excluding carboxylic acids is 1. The van der Waals surface area contributed by atoms with Gasteiger partial charge in [-0.3, -0.25) is 9.36 Å². The van der Waals surface area contributed by atoms with Gasteiger partial charge in [0.25, 0.3) is 0 Å². The molecule has 0 saturated carbocycles. The van der Waals surface area contributed by atoms with Crippen LogP contribution < -0.4 is 5.32 Å². The van der Waals surface area contributed by atoms with Gasteiger partial charge < -0.3 is 10.4 Å². The third-order valence-electron chi connectivity index (χ3n) is 3.47. The van der Waals surface area contributed by atoms with Gasteiger partial charge in [0, 0.05) is 18.9 Å². The molecule has 0 radical (unpaired) electrons. The molecular weight excluding hydrogens is 310 g/mol. The van der Waals surface area contributed by atoms with E-state index >= 15 is 0 Å². The van der Waals surface area contributed by atoms with Crippen LogP contribution in [0.2, 0.25) is 0 Å². The van der Waals surface area contributed by atoms with E-state index in [1.807, 2.05) is 48.9 Å². The first-order chi connectivity index (χ1) is 11.1. The zero-order valence-electron chi connectivity index (χ0n) is 13.5. The van der Waals surface area contributed by atoms with E-state index < -0.39 is 6.10 Å². The van der Waals surface area contributed by atoms with Crippen molar-refractivity contribution in [2.24, 2.45) is 0 Å². The smallest absolute Gasteiger partial charge is 0.230 e. The van der Waals surface area contributed by atoms with Gasteiger partial charge in [-0.2, -0.15) is 0 Å². The number of hydrogen-bond donors (Lipinski definition) is 2. The first-order valence-electron chi connectivity index (χ1n) is 7.78. The van der Waals surface area contributed by atoms with Crippen molar-refractivity contribution >= 4 is 17.7 Å². The summed E-state index contributed by atoms with van der Waals surface area (Å²) < 4.78 is 1.99. The Kier molecular flexibility index (Phi) is 6.67. The Bertz CT molecular complexity index is 642. The van der Waals surface area contributed by atoms with Crippen molar-refractivity contribution < 1.29 is 9.90 Å². The second-order valence-electron chi connectivity index (χ2n) is 5.40. The van der Waals surface area contributed by atoms with E-state index in [9.17, 15) is 9.90 Å². The molecule has 1 aromatic carbocycles.